The number of rotatable bonds is 5. The van der Waals surface area contributed by atoms with E-state index in [1.54, 1.807) is 18.1 Å². The van der Waals surface area contributed by atoms with Crippen LogP contribution in [0.2, 0.25) is 0 Å². The summed E-state index contributed by atoms with van der Waals surface area (Å²) in [4.78, 5) is 26.6. The van der Waals surface area contributed by atoms with Gasteiger partial charge >= 0.3 is 6.09 Å². The van der Waals surface area contributed by atoms with Gasteiger partial charge in [-0.3, -0.25) is 15.0 Å². The molecule has 0 spiro atoms. The standard InChI is InChI=1S/C18H27N3O6/c1-18(2,3)27-17(23)20-8-7-19(10-15(20)12-26-4)16-6-5-14(21(24)25)9-13(16)11-22/h5-6,9,15,22H,7-8,10-12H2,1-4H3. The normalized spacial score (nSPS) is 17.7. The minimum absolute atomic E-state index is 0.0661. The quantitative estimate of drug-likeness (QED) is 0.615. The number of nitro benzene ring substituents is 1. The minimum atomic E-state index is -0.589. The first-order valence-electron chi connectivity index (χ1n) is 8.78. The maximum Gasteiger partial charge on any atom is 0.410 e. The van der Waals surface area contributed by atoms with Gasteiger partial charge < -0.3 is 19.5 Å². The Morgan fingerprint density at radius 3 is 2.63 bits per heavy atom. The van der Waals surface area contributed by atoms with Crippen molar-refractivity contribution in [2.75, 3.05) is 38.3 Å². The van der Waals surface area contributed by atoms with Crippen molar-refractivity contribution in [1.82, 2.24) is 4.90 Å². The largest absolute Gasteiger partial charge is 0.444 e. The first kappa shape index (κ1) is 20.9. The number of hydrogen-bond acceptors (Lipinski definition) is 7. The van der Waals surface area contributed by atoms with Crippen molar-refractivity contribution in [3.8, 4) is 0 Å². The van der Waals surface area contributed by atoms with E-state index in [1.165, 1.54) is 12.1 Å². The van der Waals surface area contributed by atoms with Gasteiger partial charge in [0.25, 0.3) is 5.69 Å². The molecule has 9 heteroatoms. The fraction of sp³-hybridized carbons (Fsp3) is 0.611. The molecule has 1 aromatic rings. The number of anilines is 1. The highest BCUT2D eigenvalue weighted by Gasteiger charge is 2.34. The predicted octanol–water partition coefficient (Wildman–Crippen LogP) is 2.16. The van der Waals surface area contributed by atoms with Gasteiger partial charge in [-0.25, -0.2) is 4.79 Å². The lowest BCUT2D eigenvalue weighted by Crippen LogP contribution is -2.58. The molecule has 27 heavy (non-hydrogen) atoms. The van der Waals surface area contributed by atoms with E-state index in [0.29, 0.717) is 37.5 Å². The van der Waals surface area contributed by atoms with E-state index in [0.717, 1.165) is 0 Å². The summed E-state index contributed by atoms with van der Waals surface area (Å²) in [6, 6.07) is 4.19. The van der Waals surface area contributed by atoms with E-state index in [2.05, 4.69) is 0 Å². The van der Waals surface area contributed by atoms with Crippen LogP contribution in [0.15, 0.2) is 18.2 Å². The number of hydrogen-bond donors (Lipinski definition) is 1. The fourth-order valence-electron chi connectivity index (χ4n) is 3.09. The number of benzene rings is 1. The van der Waals surface area contributed by atoms with Crippen molar-refractivity contribution in [2.24, 2.45) is 0 Å². The number of carbonyl (C=O) groups excluding carboxylic acids is 1. The fourth-order valence-corrected chi connectivity index (χ4v) is 3.09. The molecule has 2 rings (SSSR count). The summed E-state index contributed by atoms with van der Waals surface area (Å²) in [6.45, 7) is 6.88. The second kappa shape index (κ2) is 8.53. The summed E-state index contributed by atoms with van der Waals surface area (Å²) in [5, 5.41) is 20.6. The molecule has 9 nitrogen and oxygen atoms in total. The molecule has 150 valence electrons. The Morgan fingerprint density at radius 2 is 2.07 bits per heavy atom. The number of non-ortho nitro benzene ring substituents is 1. The van der Waals surface area contributed by atoms with Crippen LogP contribution >= 0.6 is 0 Å². The molecule has 1 heterocycles. The van der Waals surface area contributed by atoms with Crippen LogP contribution in [-0.4, -0.2) is 66.0 Å². The molecule has 0 aromatic heterocycles. The van der Waals surface area contributed by atoms with Crippen LogP contribution in [0.5, 0.6) is 0 Å². The summed E-state index contributed by atoms with van der Waals surface area (Å²) < 4.78 is 10.7. The van der Waals surface area contributed by atoms with Crippen LogP contribution < -0.4 is 4.90 Å². The van der Waals surface area contributed by atoms with E-state index < -0.39 is 16.6 Å². The topological polar surface area (TPSA) is 105 Å². The molecule has 0 radical (unpaired) electrons. The van der Waals surface area contributed by atoms with Gasteiger partial charge in [0, 0.05) is 50.1 Å². The lowest BCUT2D eigenvalue weighted by Gasteiger charge is -2.42. The maximum absolute atomic E-state index is 12.5. The second-order valence-electron chi connectivity index (χ2n) is 7.46. The smallest absolute Gasteiger partial charge is 0.410 e. The summed E-state index contributed by atoms with van der Waals surface area (Å²) in [7, 11) is 1.57. The van der Waals surface area contributed by atoms with E-state index in [9.17, 15) is 20.0 Å². The Bertz CT molecular complexity index is 688. The number of methoxy groups -OCH3 is 1. The number of aliphatic hydroxyl groups excluding tert-OH is 1. The molecule has 0 aliphatic carbocycles. The second-order valence-corrected chi connectivity index (χ2v) is 7.46. The first-order chi connectivity index (χ1) is 12.7. The van der Waals surface area contributed by atoms with E-state index in [1.807, 2.05) is 25.7 Å². The highest BCUT2D eigenvalue weighted by molar-refractivity contribution is 5.69. The molecule has 1 N–H and O–H groups in total. The molecule has 1 amide bonds. The van der Waals surface area contributed by atoms with Gasteiger partial charge in [0.2, 0.25) is 0 Å². The first-order valence-corrected chi connectivity index (χ1v) is 8.78. The van der Waals surface area contributed by atoms with E-state index in [-0.39, 0.29) is 18.3 Å². The zero-order valence-electron chi connectivity index (χ0n) is 16.2. The zero-order chi connectivity index (χ0) is 20.2. The third-order valence-electron chi connectivity index (χ3n) is 4.25. The van der Waals surface area contributed by atoms with Gasteiger partial charge in [-0.05, 0) is 26.8 Å². The molecule has 0 bridgehead atoms. The highest BCUT2D eigenvalue weighted by Crippen LogP contribution is 2.28. The van der Waals surface area contributed by atoms with Gasteiger partial charge in [-0.2, -0.15) is 0 Å². The van der Waals surface area contributed by atoms with Crippen molar-refractivity contribution >= 4 is 17.5 Å². The van der Waals surface area contributed by atoms with Crippen molar-refractivity contribution in [3.05, 3.63) is 33.9 Å². The molecule has 1 atom stereocenters. The Morgan fingerprint density at radius 1 is 1.37 bits per heavy atom. The molecule has 0 saturated carbocycles. The Hall–Kier alpha value is -2.39. The zero-order valence-corrected chi connectivity index (χ0v) is 16.2. The van der Waals surface area contributed by atoms with Crippen LogP contribution in [0, 0.1) is 10.1 Å². The number of nitro groups is 1. The van der Waals surface area contributed by atoms with Crippen LogP contribution in [0.25, 0.3) is 0 Å². The van der Waals surface area contributed by atoms with Crippen molar-refractivity contribution in [3.63, 3.8) is 0 Å². The monoisotopic (exact) mass is 381 g/mol. The van der Waals surface area contributed by atoms with Gasteiger partial charge in [-0.15, -0.1) is 0 Å². The maximum atomic E-state index is 12.5. The van der Waals surface area contributed by atoms with Crippen molar-refractivity contribution in [1.29, 1.82) is 0 Å². The Labute approximate surface area is 158 Å². The number of ether oxygens (including phenoxy) is 2. The molecule has 1 fully saturated rings. The Kier molecular flexibility index (Phi) is 6.61. The predicted molar refractivity (Wildman–Crippen MR) is 99.8 cm³/mol. The van der Waals surface area contributed by atoms with Crippen molar-refractivity contribution in [2.45, 2.75) is 39.0 Å². The number of piperazine rings is 1. The van der Waals surface area contributed by atoms with E-state index >= 15 is 0 Å². The highest BCUT2D eigenvalue weighted by atomic mass is 16.6. The minimum Gasteiger partial charge on any atom is -0.444 e. The Balaban J connectivity index is 2.21. The van der Waals surface area contributed by atoms with Gasteiger partial charge in [0.1, 0.15) is 5.60 Å². The molecule has 1 unspecified atom stereocenters. The summed E-state index contributed by atoms with van der Waals surface area (Å²) in [5.74, 6) is 0. The summed E-state index contributed by atoms with van der Waals surface area (Å²) in [6.07, 6.45) is -0.393. The molecule has 1 aliphatic heterocycles. The van der Waals surface area contributed by atoms with Crippen LogP contribution in [0.1, 0.15) is 26.3 Å². The number of carbonyl (C=O) groups is 1. The lowest BCUT2D eigenvalue weighted by atomic mass is 10.1. The summed E-state index contributed by atoms with van der Waals surface area (Å²) >= 11 is 0. The molecule has 1 saturated heterocycles. The number of nitrogens with zero attached hydrogens (tertiary/aromatic N) is 3. The number of aliphatic hydroxyl groups is 1. The van der Waals surface area contributed by atoms with Crippen LogP contribution in [-0.2, 0) is 16.1 Å². The van der Waals surface area contributed by atoms with E-state index in [4.69, 9.17) is 9.47 Å². The van der Waals surface area contributed by atoms with Crippen LogP contribution in [0.4, 0.5) is 16.2 Å². The number of amides is 1. The average molecular weight is 381 g/mol. The molecular formula is C18H27N3O6. The van der Waals surface area contributed by atoms with Crippen molar-refractivity contribution < 1.29 is 24.3 Å². The molecule has 1 aromatic carbocycles. The van der Waals surface area contributed by atoms with Gasteiger partial charge in [-0.1, -0.05) is 0 Å². The average Bonchev–Trinajstić information content (AvgIpc) is 2.59. The third-order valence-corrected chi connectivity index (χ3v) is 4.25. The van der Waals surface area contributed by atoms with Gasteiger partial charge in [0.05, 0.1) is 24.2 Å². The van der Waals surface area contributed by atoms with Crippen LogP contribution in [0.3, 0.4) is 0 Å². The third kappa shape index (κ3) is 5.30. The summed E-state index contributed by atoms with van der Waals surface area (Å²) in [5.41, 5.74) is 0.539. The lowest BCUT2D eigenvalue weighted by molar-refractivity contribution is -0.384. The van der Waals surface area contributed by atoms with Gasteiger partial charge in [0.15, 0.2) is 0 Å². The SMILES string of the molecule is COCC1CN(c2ccc([N+](=O)[O-])cc2CO)CCN1C(=O)OC(C)(C)C. The molecule has 1 aliphatic rings. The molecular weight excluding hydrogens is 354 g/mol.